The van der Waals surface area contributed by atoms with Gasteiger partial charge in [0.15, 0.2) is 6.29 Å². The lowest BCUT2D eigenvalue weighted by molar-refractivity contribution is -0.303. The predicted molar refractivity (Wildman–Crippen MR) is 339 cm³/mol. The SMILES string of the molecule is CCCCCCCCCCCCCCCCCC/C=C/CC/C=C/CC/C=C/CCCC(O)C(O)C(COC1OC(CO)C(O)C(O)C1O)NC(=O)C(O)CCCCCCCCCCCCCCCCCCCCCCCCCCC. The van der Waals surface area contributed by atoms with Gasteiger partial charge in [-0.25, -0.2) is 0 Å². The fraction of sp³-hybridized carbons (Fsp3) is 0.900. The van der Waals surface area contributed by atoms with E-state index >= 15 is 0 Å². The highest BCUT2D eigenvalue weighted by Crippen LogP contribution is 2.24. The van der Waals surface area contributed by atoms with Crippen molar-refractivity contribution in [3.63, 3.8) is 0 Å². The largest absolute Gasteiger partial charge is 0.394 e. The maximum absolute atomic E-state index is 13.2. The summed E-state index contributed by atoms with van der Waals surface area (Å²) in [6.07, 6.45) is 63.7. The van der Waals surface area contributed by atoms with Crippen LogP contribution < -0.4 is 5.32 Å². The summed E-state index contributed by atoms with van der Waals surface area (Å²) in [4.78, 5) is 13.2. The van der Waals surface area contributed by atoms with Crippen LogP contribution in [0.5, 0.6) is 0 Å². The van der Waals surface area contributed by atoms with Crippen LogP contribution in [0.2, 0.25) is 0 Å². The van der Waals surface area contributed by atoms with Crippen molar-refractivity contribution in [3.05, 3.63) is 36.5 Å². The van der Waals surface area contributed by atoms with E-state index in [4.69, 9.17) is 9.47 Å². The zero-order valence-corrected chi connectivity index (χ0v) is 52.8. The Hall–Kier alpha value is -1.67. The van der Waals surface area contributed by atoms with Gasteiger partial charge in [0.05, 0.1) is 25.4 Å². The van der Waals surface area contributed by atoms with Crippen LogP contribution in [0.25, 0.3) is 0 Å². The molecule has 0 saturated carbocycles. The molecule has 0 aromatic heterocycles. The maximum atomic E-state index is 13.2. The predicted octanol–water partition coefficient (Wildman–Crippen LogP) is 16.6. The molecular formula is C70H133NO10. The Kier molecular flexibility index (Phi) is 56.0. The molecule has 8 N–H and O–H groups in total. The molecule has 81 heavy (non-hydrogen) atoms. The second kappa shape index (κ2) is 58.7. The summed E-state index contributed by atoms with van der Waals surface area (Å²) >= 11 is 0. The van der Waals surface area contributed by atoms with Crippen molar-refractivity contribution in [2.75, 3.05) is 13.2 Å². The molecule has 0 aliphatic carbocycles. The highest BCUT2D eigenvalue weighted by atomic mass is 16.7. The van der Waals surface area contributed by atoms with Gasteiger partial charge in [-0.2, -0.15) is 0 Å². The molecule has 1 rings (SSSR count). The first kappa shape index (κ1) is 77.3. The van der Waals surface area contributed by atoms with E-state index in [-0.39, 0.29) is 12.8 Å². The molecule has 1 amide bonds. The molecule has 9 unspecified atom stereocenters. The summed E-state index contributed by atoms with van der Waals surface area (Å²) in [6.45, 7) is 3.49. The van der Waals surface area contributed by atoms with E-state index < -0.39 is 74.2 Å². The zero-order valence-electron chi connectivity index (χ0n) is 52.8. The number of carbonyl (C=O) groups is 1. The van der Waals surface area contributed by atoms with E-state index in [1.165, 1.54) is 244 Å². The van der Waals surface area contributed by atoms with Gasteiger partial charge in [0.2, 0.25) is 5.91 Å². The number of hydrogen-bond donors (Lipinski definition) is 8. The molecular weight excluding hydrogens is 1010 g/mol. The third-order valence-corrected chi connectivity index (χ3v) is 16.9. The van der Waals surface area contributed by atoms with E-state index in [1.54, 1.807) is 0 Å². The Bertz CT molecular complexity index is 1410. The first-order valence-electron chi connectivity index (χ1n) is 34.9. The number of ether oxygens (including phenoxy) is 2. The lowest BCUT2D eigenvalue weighted by atomic mass is 9.98. The molecule has 1 saturated heterocycles. The van der Waals surface area contributed by atoms with Crippen molar-refractivity contribution < 1.29 is 50.0 Å². The van der Waals surface area contributed by atoms with Crippen molar-refractivity contribution in [2.45, 2.75) is 390 Å². The number of hydrogen-bond acceptors (Lipinski definition) is 10. The van der Waals surface area contributed by atoms with Gasteiger partial charge in [0.1, 0.15) is 36.6 Å². The van der Waals surface area contributed by atoms with Gasteiger partial charge in [-0.1, -0.05) is 307 Å². The molecule has 9 atom stereocenters. The molecule has 1 aliphatic heterocycles. The highest BCUT2D eigenvalue weighted by molar-refractivity contribution is 5.80. The molecule has 1 heterocycles. The molecule has 0 bridgehead atoms. The average Bonchev–Trinajstić information content (AvgIpc) is 3.51. The van der Waals surface area contributed by atoms with Gasteiger partial charge >= 0.3 is 0 Å². The molecule has 0 aromatic carbocycles. The maximum Gasteiger partial charge on any atom is 0.249 e. The Morgan fingerprint density at radius 1 is 0.420 bits per heavy atom. The lowest BCUT2D eigenvalue weighted by Crippen LogP contribution is -2.60. The summed E-state index contributed by atoms with van der Waals surface area (Å²) in [5.41, 5.74) is 0. The standard InChI is InChI=1S/C70H133NO10/c1-3-5-7-9-11-13-15-17-19-21-23-25-27-29-30-31-32-34-35-37-39-41-43-45-47-49-51-53-55-57-62(73)65(75)61(60-80-70-68(78)67(77)66(76)64(59-72)81-70)71-69(79)63(74)58-56-54-52-50-48-46-44-42-40-38-36-33-28-26-24-22-20-18-16-14-12-10-8-6-4-2/h34-35,41,43,49,51,61-68,70,72-78H,3-33,36-40,42,44-48,50,52-60H2,1-2H3,(H,71,79)/b35-34+,43-41+,51-49+. The smallest absolute Gasteiger partial charge is 0.249 e. The number of allylic oxidation sites excluding steroid dienone is 6. The minimum atomic E-state index is -1.67. The second-order valence-corrected chi connectivity index (χ2v) is 24.6. The van der Waals surface area contributed by atoms with Crippen LogP contribution in [0.1, 0.15) is 335 Å². The minimum Gasteiger partial charge on any atom is -0.394 e. The highest BCUT2D eigenvalue weighted by Gasteiger charge is 2.44. The topological polar surface area (TPSA) is 189 Å². The van der Waals surface area contributed by atoms with Crippen molar-refractivity contribution in [1.29, 1.82) is 0 Å². The molecule has 11 heteroatoms. The summed E-state index contributed by atoms with van der Waals surface area (Å²) in [7, 11) is 0. The van der Waals surface area contributed by atoms with E-state index in [0.717, 1.165) is 44.9 Å². The number of amides is 1. The molecule has 11 nitrogen and oxygen atoms in total. The summed E-state index contributed by atoms with van der Waals surface area (Å²) in [5.74, 6) is -0.706. The van der Waals surface area contributed by atoms with Crippen molar-refractivity contribution in [1.82, 2.24) is 5.32 Å². The minimum absolute atomic E-state index is 0.243. The van der Waals surface area contributed by atoms with E-state index in [1.807, 2.05) is 0 Å². The van der Waals surface area contributed by atoms with Gasteiger partial charge in [-0.15, -0.1) is 0 Å². The van der Waals surface area contributed by atoms with Crippen molar-refractivity contribution in [2.24, 2.45) is 0 Å². The van der Waals surface area contributed by atoms with E-state index in [0.29, 0.717) is 19.3 Å². The van der Waals surface area contributed by atoms with Crippen LogP contribution in [-0.4, -0.2) is 110 Å². The third-order valence-electron chi connectivity index (χ3n) is 16.9. The quantitative estimate of drug-likeness (QED) is 0.0215. The third kappa shape index (κ3) is 46.3. The Morgan fingerprint density at radius 3 is 1.10 bits per heavy atom. The number of nitrogens with one attached hydrogen (secondary N) is 1. The number of aliphatic hydroxyl groups excluding tert-OH is 7. The first-order chi connectivity index (χ1) is 39.7. The number of aliphatic hydroxyl groups is 7. The van der Waals surface area contributed by atoms with Crippen molar-refractivity contribution in [3.8, 4) is 0 Å². The number of unbranched alkanes of at least 4 members (excludes halogenated alkanes) is 43. The zero-order chi connectivity index (χ0) is 58.9. The van der Waals surface area contributed by atoms with Gasteiger partial charge in [-0.05, 0) is 64.2 Å². The summed E-state index contributed by atoms with van der Waals surface area (Å²) in [5, 5.41) is 76.4. The van der Waals surface area contributed by atoms with E-state index in [9.17, 15) is 40.5 Å². The monoisotopic (exact) mass is 1150 g/mol. The fourth-order valence-electron chi connectivity index (χ4n) is 11.3. The molecule has 478 valence electrons. The Balaban J connectivity index is 2.25. The molecule has 0 radical (unpaired) electrons. The Morgan fingerprint density at radius 2 is 0.741 bits per heavy atom. The fourth-order valence-corrected chi connectivity index (χ4v) is 11.3. The van der Waals surface area contributed by atoms with Gasteiger partial charge in [0, 0.05) is 0 Å². The van der Waals surface area contributed by atoms with Crippen LogP contribution in [0.15, 0.2) is 36.5 Å². The van der Waals surface area contributed by atoms with Crippen LogP contribution in [0.3, 0.4) is 0 Å². The van der Waals surface area contributed by atoms with Crippen LogP contribution in [0.4, 0.5) is 0 Å². The number of carbonyl (C=O) groups excluding carboxylic acids is 1. The lowest BCUT2D eigenvalue weighted by Gasteiger charge is -2.40. The van der Waals surface area contributed by atoms with Gasteiger partial charge < -0.3 is 50.5 Å². The number of rotatable bonds is 61. The van der Waals surface area contributed by atoms with Gasteiger partial charge in [-0.3, -0.25) is 4.79 Å². The van der Waals surface area contributed by atoms with Crippen LogP contribution in [-0.2, 0) is 14.3 Å². The molecule has 0 aromatic rings. The average molecular weight is 1150 g/mol. The molecule has 0 spiro atoms. The summed E-state index contributed by atoms with van der Waals surface area (Å²) in [6, 6.07) is -1.19. The molecule has 1 fully saturated rings. The first-order valence-corrected chi connectivity index (χ1v) is 34.9. The van der Waals surface area contributed by atoms with Crippen LogP contribution >= 0.6 is 0 Å². The van der Waals surface area contributed by atoms with Crippen LogP contribution in [0, 0.1) is 0 Å². The van der Waals surface area contributed by atoms with Gasteiger partial charge in [0.25, 0.3) is 0 Å². The normalized spacial score (nSPS) is 19.3. The van der Waals surface area contributed by atoms with Crippen molar-refractivity contribution >= 4 is 5.91 Å². The van der Waals surface area contributed by atoms with E-state index in [2.05, 4.69) is 55.6 Å². The summed E-state index contributed by atoms with van der Waals surface area (Å²) < 4.78 is 11.2. The Labute approximate surface area is 498 Å². The molecule has 1 aliphatic rings. The second-order valence-electron chi connectivity index (χ2n) is 24.6.